The third-order valence-electron chi connectivity index (χ3n) is 3.93. The summed E-state index contributed by atoms with van der Waals surface area (Å²) in [5.41, 5.74) is 1.35. The largest absolute Gasteiger partial charge is 0.299 e. The van der Waals surface area contributed by atoms with Crippen LogP contribution in [0.4, 0.5) is 10.8 Å². The number of para-hydroxylation sites is 1. The van der Waals surface area contributed by atoms with Gasteiger partial charge in [-0.25, -0.2) is 8.42 Å². The van der Waals surface area contributed by atoms with E-state index in [0.29, 0.717) is 16.1 Å². The van der Waals surface area contributed by atoms with E-state index in [4.69, 9.17) is 0 Å². The molecular formula is C20H22N4O3S3. The zero-order valence-corrected chi connectivity index (χ0v) is 19.2. The average molecular weight is 463 g/mol. The van der Waals surface area contributed by atoms with Gasteiger partial charge < -0.3 is 0 Å². The molecule has 0 bridgehead atoms. The van der Waals surface area contributed by atoms with Gasteiger partial charge in [0.1, 0.15) is 6.54 Å². The van der Waals surface area contributed by atoms with E-state index in [-0.39, 0.29) is 11.4 Å². The van der Waals surface area contributed by atoms with Crippen LogP contribution in [0, 0.1) is 6.92 Å². The Morgan fingerprint density at radius 3 is 2.40 bits per heavy atom. The minimum atomic E-state index is -3.93. The fourth-order valence-electron chi connectivity index (χ4n) is 2.55. The first kappa shape index (κ1) is 22.3. The molecule has 0 saturated carbocycles. The van der Waals surface area contributed by atoms with Gasteiger partial charge in [0, 0.05) is 5.25 Å². The van der Waals surface area contributed by atoms with Crippen molar-refractivity contribution >= 4 is 49.8 Å². The highest BCUT2D eigenvalue weighted by Crippen LogP contribution is 2.29. The van der Waals surface area contributed by atoms with E-state index >= 15 is 0 Å². The summed E-state index contributed by atoms with van der Waals surface area (Å²) < 4.78 is 28.4. The number of thioether (sulfide) groups is 1. The number of rotatable bonds is 8. The molecule has 0 aliphatic heterocycles. The van der Waals surface area contributed by atoms with Crippen molar-refractivity contribution in [1.29, 1.82) is 0 Å². The van der Waals surface area contributed by atoms with Crippen molar-refractivity contribution in [3.63, 3.8) is 0 Å². The van der Waals surface area contributed by atoms with Crippen LogP contribution in [-0.2, 0) is 14.8 Å². The smallest absolute Gasteiger partial charge is 0.264 e. The van der Waals surface area contributed by atoms with Gasteiger partial charge >= 0.3 is 0 Å². The third-order valence-corrected chi connectivity index (χ3v) is 7.64. The quantitative estimate of drug-likeness (QED) is 0.399. The summed E-state index contributed by atoms with van der Waals surface area (Å²) in [6, 6.07) is 15.1. The number of hydrogen-bond acceptors (Lipinski definition) is 7. The van der Waals surface area contributed by atoms with E-state index in [9.17, 15) is 13.2 Å². The summed E-state index contributed by atoms with van der Waals surface area (Å²) in [5, 5.41) is 11.3. The molecule has 1 heterocycles. The van der Waals surface area contributed by atoms with E-state index in [0.717, 1.165) is 14.2 Å². The molecule has 7 nitrogen and oxygen atoms in total. The molecule has 0 spiro atoms. The predicted molar refractivity (Wildman–Crippen MR) is 122 cm³/mol. The van der Waals surface area contributed by atoms with Crippen molar-refractivity contribution in [1.82, 2.24) is 10.2 Å². The van der Waals surface area contributed by atoms with Gasteiger partial charge in [0.25, 0.3) is 10.0 Å². The highest BCUT2D eigenvalue weighted by atomic mass is 32.2. The molecule has 158 valence electrons. The lowest BCUT2D eigenvalue weighted by Crippen LogP contribution is -2.38. The van der Waals surface area contributed by atoms with E-state index in [1.807, 2.05) is 20.8 Å². The molecule has 2 aromatic carbocycles. The predicted octanol–water partition coefficient (Wildman–Crippen LogP) is 4.18. The van der Waals surface area contributed by atoms with Crippen LogP contribution in [0.1, 0.15) is 19.4 Å². The van der Waals surface area contributed by atoms with E-state index in [2.05, 4.69) is 15.5 Å². The molecule has 1 amide bonds. The maximum absolute atomic E-state index is 13.3. The summed E-state index contributed by atoms with van der Waals surface area (Å²) in [6.45, 7) is 5.58. The molecule has 3 aromatic rings. The molecule has 0 saturated heterocycles. The van der Waals surface area contributed by atoms with E-state index < -0.39 is 15.9 Å². The fraction of sp³-hybridized carbons (Fsp3) is 0.250. The van der Waals surface area contributed by atoms with Gasteiger partial charge in [0.2, 0.25) is 11.0 Å². The number of benzene rings is 2. The number of aryl methyl sites for hydroxylation is 1. The first-order valence-corrected chi connectivity index (χ1v) is 12.3. The topological polar surface area (TPSA) is 92.3 Å². The molecule has 0 radical (unpaired) electrons. The Balaban J connectivity index is 1.84. The summed E-state index contributed by atoms with van der Waals surface area (Å²) in [5.74, 6) is -0.494. The average Bonchev–Trinajstić information content (AvgIpc) is 3.13. The zero-order chi connectivity index (χ0) is 21.7. The molecule has 0 unspecified atom stereocenters. The number of carbonyl (C=O) groups is 1. The Morgan fingerprint density at radius 2 is 1.77 bits per heavy atom. The highest BCUT2D eigenvalue weighted by molar-refractivity contribution is 8.01. The number of amides is 1. The molecule has 0 fully saturated rings. The van der Waals surface area contributed by atoms with Crippen molar-refractivity contribution in [2.24, 2.45) is 0 Å². The molecule has 0 atom stereocenters. The van der Waals surface area contributed by atoms with Gasteiger partial charge in [0.05, 0.1) is 10.6 Å². The fourth-order valence-corrected chi connectivity index (χ4v) is 5.96. The van der Waals surface area contributed by atoms with Gasteiger partial charge in [-0.1, -0.05) is 72.8 Å². The number of hydrogen-bond donors (Lipinski definition) is 1. The monoisotopic (exact) mass is 462 g/mol. The molecule has 1 aromatic heterocycles. The van der Waals surface area contributed by atoms with Crippen molar-refractivity contribution in [2.75, 3.05) is 16.2 Å². The Hall–Kier alpha value is -2.43. The van der Waals surface area contributed by atoms with E-state index in [1.165, 1.54) is 11.3 Å². The van der Waals surface area contributed by atoms with Crippen LogP contribution in [0.15, 0.2) is 63.8 Å². The van der Waals surface area contributed by atoms with Gasteiger partial charge in [-0.3, -0.25) is 14.4 Å². The Labute approximate surface area is 184 Å². The Kier molecular flexibility index (Phi) is 7.11. The Bertz CT molecular complexity index is 1100. The normalized spacial score (nSPS) is 11.5. The van der Waals surface area contributed by atoms with Crippen molar-refractivity contribution in [2.45, 2.75) is 35.3 Å². The van der Waals surface area contributed by atoms with Crippen LogP contribution in [0.2, 0.25) is 0 Å². The van der Waals surface area contributed by atoms with Crippen molar-refractivity contribution in [3.05, 3.63) is 60.2 Å². The number of anilines is 2. The number of nitrogens with one attached hydrogen (secondary N) is 1. The maximum Gasteiger partial charge on any atom is 0.264 e. The second-order valence-electron chi connectivity index (χ2n) is 6.75. The summed E-state index contributed by atoms with van der Waals surface area (Å²) in [7, 11) is -3.93. The van der Waals surface area contributed by atoms with Crippen molar-refractivity contribution in [3.8, 4) is 0 Å². The van der Waals surface area contributed by atoms with Crippen LogP contribution in [-0.4, -0.2) is 36.3 Å². The van der Waals surface area contributed by atoms with Crippen LogP contribution in [0.5, 0.6) is 0 Å². The second kappa shape index (κ2) is 9.59. The summed E-state index contributed by atoms with van der Waals surface area (Å²) >= 11 is 2.81. The van der Waals surface area contributed by atoms with Crippen LogP contribution < -0.4 is 9.62 Å². The molecule has 3 rings (SSSR count). The standard InChI is InChI=1S/C20H22N4O3S3/c1-14(2)28-20-23-22-19(29-20)21-18(25)13-24(16-7-5-4-6-8-16)30(26,27)17-11-9-15(3)10-12-17/h4-12,14H,13H2,1-3H3,(H,21,22,25). The Morgan fingerprint density at radius 1 is 1.10 bits per heavy atom. The second-order valence-corrected chi connectivity index (χ2v) is 11.4. The summed E-state index contributed by atoms with van der Waals surface area (Å²) in [4.78, 5) is 12.8. The number of carbonyl (C=O) groups excluding carboxylic acids is 1. The molecule has 0 aliphatic carbocycles. The molecule has 10 heteroatoms. The highest BCUT2D eigenvalue weighted by Gasteiger charge is 2.27. The number of sulfonamides is 1. The molecule has 0 aliphatic rings. The van der Waals surface area contributed by atoms with Gasteiger partial charge in [0.15, 0.2) is 4.34 Å². The first-order valence-electron chi connectivity index (χ1n) is 9.20. The molecule has 1 N–H and O–H groups in total. The van der Waals surface area contributed by atoms with Crippen LogP contribution in [0.25, 0.3) is 0 Å². The lowest BCUT2D eigenvalue weighted by atomic mass is 10.2. The summed E-state index contributed by atoms with van der Waals surface area (Å²) in [6.07, 6.45) is 0. The third kappa shape index (κ3) is 5.59. The van der Waals surface area contributed by atoms with Gasteiger partial charge in [-0.05, 0) is 31.2 Å². The van der Waals surface area contributed by atoms with Crippen LogP contribution >= 0.6 is 23.1 Å². The number of nitrogens with zero attached hydrogens (tertiary/aromatic N) is 3. The van der Waals surface area contributed by atoms with Crippen molar-refractivity contribution < 1.29 is 13.2 Å². The minimum absolute atomic E-state index is 0.122. The van der Waals surface area contributed by atoms with E-state index in [1.54, 1.807) is 66.4 Å². The zero-order valence-electron chi connectivity index (χ0n) is 16.8. The van der Waals surface area contributed by atoms with Crippen LogP contribution in [0.3, 0.4) is 0 Å². The molecule has 30 heavy (non-hydrogen) atoms. The van der Waals surface area contributed by atoms with Gasteiger partial charge in [-0.15, -0.1) is 10.2 Å². The lowest BCUT2D eigenvalue weighted by Gasteiger charge is -2.23. The first-order chi connectivity index (χ1) is 14.3. The number of aromatic nitrogens is 2. The van der Waals surface area contributed by atoms with Gasteiger partial charge in [-0.2, -0.15) is 0 Å². The molecular weight excluding hydrogens is 440 g/mol. The lowest BCUT2D eigenvalue weighted by molar-refractivity contribution is -0.114. The SMILES string of the molecule is Cc1ccc(S(=O)(=O)N(CC(=O)Nc2nnc(SC(C)C)s2)c2ccccc2)cc1. The maximum atomic E-state index is 13.3. The minimum Gasteiger partial charge on any atom is -0.299 e.